The summed E-state index contributed by atoms with van der Waals surface area (Å²) in [6.45, 7) is 0. The van der Waals surface area contributed by atoms with E-state index in [4.69, 9.17) is 14.4 Å². The molecule has 1 rings (SSSR count). The smallest absolute Gasteiger partial charge is 0.326 e. The summed E-state index contributed by atoms with van der Waals surface area (Å²) in [4.78, 5) is 14.3. The summed E-state index contributed by atoms with van der Waals surface area (Å²) in [5.41, 5.74) is -0.602. The average Bonchev–Trinajstić information content (AvgIpc) is 2.03. The Labute approximate surface area is 86.1 Å². The van der Waals surface area contributed by atoms with Gasteiger partial charge in [0.25, 0.3) is 0 Å². The molecule has 0 radical (unpaired) electrons. The van der Waals surface area contributed by atoms with E-state index in [2.05, 4.69) is 0 Å². The quantitative estimate of drug-likeness (QED) is 0.690. The van der Waals surface area contributed by atoms with Gasteiger partial charge in [-0.25, -0.2) is 0 Å². The van der Waals surface area contributed by atoms with E-state index in [1.165, 1.54) is 12.1 Å². The maximum absolute atomic E-state index is 11.8. The first-order valence-electron chi connectivity index (χ1n) is 3.38. The molecule has 1 aromatic rings. The van der Waals surface area contributed by atoms with E-state index in [0.29, 0.717) is 0 Å². The van der Waals surface area contributed by atoms with E-state index in [1.54, 1.807) is 6.07 Å². The molecule has 0 amide bonds. The fraction of sp³-hybridized carbons (Fsp3) is 0.250. The first-order valence-corrected chi connectivity index (χ1v) is 4.68. The first kappa shape index (κ1) is 16.6. The van der Waals surface area contributed by atoms with Crippen LogP contribution in [-0.4, -0.2) is 9.79 Å². The Hall–Kier alpha value is -0.840. The van der Waals surface area contributed by atoms with Crippen LogP contribution >= 0.6 is 8.25 Å². The minimum Gasteiger partial charge on any atom is -0.326 e. The fourth-order valence-corrected chi connectivity index (χ4v) is 0.627. The van der Waals surface area contributed by atoms with Gasteiger partial charge in [0, 0.05) is 0 Å². The molecule has 0 saturated heterocycles. The molecule has 1 aromatic carbocycles. The van der Waals surface area contributed by atoms with Crippen LogP contribution in [-0.2, 0) is 10.7 Å². The Balaban J connectivity index is 0. The zero-order chi connectivity index (χ0) is 11.2. The molecule has 0 heterocycles. The van der Waals surface area contributed by atoms with E-state index >= 15 is 0 Å². The van der Waals surface area contributed by atoms with Crippen LogP contribution in [0, 0.1) is 0 Å². The minimum atomic E-state index is -4.21. The first-order chi connectivity index (χ1) is 6.34. The predicted molar refractivity (Wildman–Crippen MR) is 51.6 cm³/mol. The molecule has 0 saturated carbocycles. The third kappa shape index (κ3) is 9.46. The fourth-order valence-electron chi connectivity index (χ4n) is 0.627. The van der Waals surface area contributed by atoms with Crippen LogP contribution in [0.5, 0.6) is 0 Å². The van der Waals surface area contributed by atoms with Crippen LogP contribution in [0.25, 0.3) is 0 Å². The number of rotatable bonds is 0. The topological polar surface area (TPSA) is 57.5 Å². The summed E-state index contributed by atoms with van der Waals surface area (Å²) >= 11 is 0. The highest BCUT2D eigenvalue weighted by Gasteiger charge is 2.29. The zero-order valence-electron chi connectivity index (χ0n) is 6.82. The van der Waals surface area contributed by atoms with Crippen molar-refractivity contribution in [2.24, 2.45) is 0 Å². The van der Waals surface area contributed by atoms with Crippen molar-refractivity contribution in [1.82, 2.24) is 0 Å². The molecule has 0 bridgehead atoms. The molecule has 3 nitrogen and oxygen atoms in total. The summed E-state index contributed by atoms with van der Waals surface area (Å²) in [6, 6.07) is 6.36. The van der Waals surface area contributed by atoms with Gasteiger partial charge in [0.15, 0.2) is 0 Å². The van der Waals surface area contributed by atoms with Gasteiger partial charge in [-0.05, 0) is 0 Å². The maximum Gasteiger partial charge on any atom is 0.416 e. The van der Waals surface area contributed by atoms with Crippen molar-refractivity contribution in [2.45, 2.75) is 13.6 Å². The van der Waals surface area contributed by atoms with Crippen molar-refractivity contribution in [2.75, 3.05) is 0 Å². The molecule has 0 unspecified atom stereocenters. The van der Waals surface area contributed by atoms with Crippen molar-refractivity contribution in [3.63, 3.8) is 0 Å². The maximum atomic E-state index is 11.8. The van der Waals surface area contributed by atoms with Gasteiger partial charge in [0.05, 0.1) is 5.56 Å². The Bertz CT molecular complexity index is 283. The van der Waals surface area contributed by atoms with Crippen molar-refractivity contribution in [3.8, 4) is 0 Å². The molecular formula is C8H12F3O3P. The largest absolute Gasteiger partial charge is 0.416 e. The number of benzene rings is 1. The lowest BCUT2D eigenvalue weighted by Crippen LogP contribution is -2.03. The average molecular weight is 244 g/mol. The van der Waals surface area contributed by atoms with Crippen LogP contribution in [0.15, 0.2) is 30.3 Å². The number of hydrogen-bond acceptors (Lipinski definition) is 1. The van der Waals surface area contributed by atoms with Gasteiger partial charge in [-0.15, -0.1) is 0 Å². The molecule has 0 atom stereocenters. The molecule has 15 heavy (non-hydrogen) atoms. The molecule has 7 heteroatoms. The molecule has 0 spiro atoms. The van der Waals surface area contributed by atoms with Crippen molar-refractivity contribution in [3.05, 3.63) is 35.9 Å². The number of alkyl halides is 3. The van der Waals surface area contributed by atoms with Crippen LogP contribution in [0.4, 0.5) is 13.2 Å². The minimum absolute atomic E-state index is 0. The highest BCUT2D eigenvalue weighted by molar-refractivity contribution is 7.30. The molecule has 0 fully saturated rings. The number of hydrogen-bond donors (Lipinski definition) is 2. The van der Waals surface area contributed by atoms with E-state index in [0.717, 1.165) is 12.1 Å². The van der Waals surface area contributed by atoms with E-state index in [-0.39, 0.29) is 7.43 Å². The van der Waals surface area contributed by atoms with Gasteiger partial charge in [-0.1, -0.05) is 37.8 Å². The highest BCUT2D eigenvalue weighted by atomic mass is 31.1. The third-order valence-corrected chi connectivity index (χ3v) is 1.10. The van der Waals surface area contributed by atoms with Gasteiger partial charge in [-0.3, -0.25) is 4.57 Å². The Morgan fingerprint density at radius 2 is 1.40 bits per heavy atom. The number of halogens is 3. The lowest BCUT2D eigenvalue weighted by atomic mass is 10.2. The van der Waals surface area contributed by atoms with E-state index in [9.17, 15) is 13.2 Å². The zero-order valence-corrected chi connectivity index (χ0v) is 7.82. The van der Waals surface area contributed by atoms with Crippen LogP contribution < -0.4 is 0 Å². The lowest BCUT2D eigenvalue weighted by Gasteiger charge is -2.03. The Morgan fingerprint density at radius 3 is 1.60 bits per heavy atom. The summed E-state index contributed by atoms with van der Waals surface area (Å²) in [5, 5.41) is 0. The van der Waals surface area contributed by atoms with Gasteiger partial charge in [0.2, 0.25) is 0 Å². The van der Waals surface area contributed by atoms with Gasteiger partial charge in [-0.2, -0.15) is 13.2 Å². The van der Waals surface area contributed by atoms with E-state index < -0.39 is 20.0 Å². The Kier molecular flexibility index (Phi) is 8.24. The summed E-state index contributed by atoms with van der Waals surface area (Å²) in [7, 11) is -3.13. The molecule has 0 aliphatic carbocycles. The van der Waals surface area contributed by atoms with Crippen LogP contribution in [0.3, 0.4) is 0 Å². The second-order valence-corrected chi connectivity index (χ2v) is 2.71. The predicted octanol–water partition coefficient (Wildman–Crippen LogP) is 2.70. The van der Waals surface area contributed by atoms with Crippen LogP contribution in [0.2, 0.25) is 0 Å². The van der Waals surface area contributed by atoms with Gasteiger partial charge in [0.1, 0.15) is 0 Å². The van der Waals surface area contributed by atoms with Crippen molar-refractivity contribution < 1.29 is 27.5 Å². The SMILES string of the molecule is C.FC(F)(F)c1ccccc1.O=[PH](O)O. The normalized spacial score (nSPS) is 10.0. The summed E-state index contributed by atoms with van der Waals surface area (Å²) in [5.74, 6) is 0. The molecule has 0 aliphatic heterocycles. The van der Waals surface area contributed by atoms with Crippen LogP contribution in [0.1, 0.15) is 13.0 Å². The van der Waals surface area contributed by atoms with Crippen molar-refractivity contribution >= 4 is 8.25 Å². The molecule has 88 valence electrons. The molecule has 2 N–H and O–H groups in total. The molecule has 0 aromatic heterocycles. The Morgan fingerprint density at radius 1 is 1.07 bits per heavy atom. The van der Waals surface area contributed by atoms with E-state index in [1.807, 2.05) is 0 Å². The lowest BCUT2D eigenvalue weighted by molar-refractivity contribution is -0.137. The summed E-state index contributed by atoms with van der Waals surface area (Å²) < 4.78 is 44.1. The van der Waals surface area contributed by atoms with Gasteiger partial charge < -0.3 is 9.79 Å². The molecular weight excluding hydrogens is 232 g/mol. The van der Waals surface area contributed by atoms with Crippen molar-refractivity contribution in [1.29, 1.82) is 0 Å². The monoisotopic (exact) mass is 244 g/mol. The molecule has 0 aliphatic rings. The van der Waals surface area contributed by atoms with Gasteiger partial charge >= 0.3 is 14.4 Å². The summed E-state index contributed by atoms with van der Waals surface area (Å²) in [6.07, 6.45) is -4.21. The standard InChI is InChI=1S/C7H5F3.CH4.H3O3P/c8-7(9,10)6-4-2-1-3-5-6;;1-4(2)3/h1-5H;1H4;4H,(H2,1,2,3). The second-order valence-electron chi connectivity index (χ2n) is 2.15. The highest BCUT2D eigenvalue weighted by Crippen LogP contribution is 2.28. The third-order valence-electron chi connectivity index (χ3n) is 1.10. The second kappa shape index (κ2) is 7.45.